The van der Waals surface area contributed by atoms with Crippen molar-refractivity contribution in [2.45, 2.75) is 50.8 Å². The highest BCUT2D eigenvalue weighted by Gasteiger charge is 2.40. The minimum Gasteiger partial charge on any atom is -0.484 e. The number of halogens is 1. The molecule has 8 heteroatoms. The van der Waals surface area contributed by atoms with Crippen molar-refractivity contribution in [3.63, 3.8) is 0 Å². The summed E-state index contributed by atoms with van der Waals surface area (Å²) in [5.41, 5.74) is 7.78. The number of rotatable bonds is 4. The molecule has 2 aromatic heterocycles. The first-order chi connectivity index (χ1) is 13.4. The van der Waals surface area contributed by atoms with Crippen molar-refractivity contribution in [2.24, 2.45) is 5.73 Å². The van der Waals surface area contributed by atoms with Crippen molar-refractivity contribution in [2.75, 3.05) is 11.4 Å². The van der Waals surface area contributed by atoms with E-state index in [9.17, 15) is 4.39 Å². The highest BCUT2D eigenvalue weighted by molar-refractivity contribution is 5.93. The number of aromatic nitrogens is 4. The van der Waals surface area contributed by atoms with Gasteiger partial charge in [0.15, 0.2) is 11.6 Å². The van der Waals surface area contributed by atoms with E-state index in [1.807, 2.05) is 13.0 Å². The second-order valence-electron chi connectivity index (χ2n) is 8.21. The largest absolute Gasteiger partial charge is 0.484 e. The molecular weight excluding hydrogens is 359 g/mol. The van der Waals surface area contributed by atoms with Crippen molar-refractivity contribution in [3.05, 3.63) is 30.3 Å². The van der Waals surface area contributed by atoms with Crippen LogP contribution in [0.1, 0.15) is 33.1 Å². The Morgan fingerprint density at radius 3 is 2.82 bits per heavy atom. The van der Waals surface area contributed by atoms with E-state index in [1.165, 1.54) is 12.4 Å². The Kier molecular flexibility index (Phi) is 3.80. The summed E-state index contributed by atoms with van der Waals surface area (Å²) in [4.78, 5) is 11.0. The fourth-order valence-corrected chi connectivity index (χ4v) is 3.86. The Hall–Kier alpha value is -2.74. The summed E-state index contributed by atoms with van der Waals surface area (Å²) in [6.45, 7) is 4.90. The Balaban J connectivity index is 1.54. The molecule has 7 nitrogen and oxygen atoms in total. The van der Waals surface area contributed by atoms with Crippen molar-refractivity contribution in [3.8, 4) is 17.1 Å². The molecule has 1 aromatic carbocycles. The number of H-pyrrole nitrogens is 1. The summed E-state index contributed by atoms with van der Waals surface area (Å²) in [5, 5.41) is 8.05. The smallest absolute Gasteiger partial charge is 0.167 e. The number of anilines is 1. The lowest BCUT2D eigenvalue weighted by Crippen LogP contribution is -2.29. The van der Waals surface area contributed by atoms with E-state index in [2.05, 4.69) is 32.0 Å². The lowest BCUT2D eigenvalue weighted by Gasteiger charge is -2.22. The maximum atomic E-state index is 14.4. The van der Waals surface area contributed by atoms with Crippen LogP contribution in [0.15, 0.2) is 24.5 Å². The molecule has 28 heavy (non-hydrogen) atoms. The van der Waals surface area contributed by atoms with Crippen LogP contribution >= 0.6 is 0 Å². The minimum absolute atomic E-state index is 0.145. The van der Waals surface area contributed by atoms with E-state index in [1.54, 1.807) is 6.07 Å². The van der Waals surface area contributed by atoms with Gasteiger partial charge in [0, 0.05) is 36.1 Å². The molecule has 2 atom stereocenters. The van der Waals surface area contributed by atoms with Crippen LogP contribution in [0.4, 0.5) is 10.2 Å². The van der Waals surface area contributed by atoms with Crippen LogP contribution in [0.3, 0.4) is 0 Å². The quantitative estimate of drug-likeness (QED) is 0.721. The minimum atomic E-state index is -0.390. The molecule has 0 spiro atoms. The topological polar surface area (TPSA) is 93.0 Å². The first kappa shape index (κ1) is 17.4. The average Bonchev–Trinajstić information content (AvgIpc) is 3.08. The van der Waals surface area contributed by atoms with Gasteiger partial charge in [-0.25, -0.2) is 14.4 Å². The highest BCUT2D eigenvalue weighted by Crippen LogP contribution is 2.41. The highest BCUT2D eigenvalue weighted by atomic mass is 19.1. The van der Waals surface area contributed by atoms with Gasteiger partial charge < -0.3 is 15.4 Å². The molecule has 2 fully saturated rings. The number of nitrogens with two attached hydrogens (primary N) is 1. The van der Waals surface area contributed by atoms with Crippen molar-refractivity contribution >= 4 is 16.7 Å². The Morgan fingerprint density at radius 1 is 1.29 bits per heavy atom. The third kappa shape index (κ3) is 2.97. The maximum Gasteiger partial charge on any atom is 0.167 e. The van der Waals surface area contributed by atoms with E-state index in [0.717, 1.165) is 37.0 Å². The molecule has 3 N–H and O–H groups in total. The van der Waals surface area contributed by atoms with Gasteiger partial charge in [-0.2, -0.15) is 5.10 Å². The van der Waals surface area contributed by atoms with Crippen LogP contribution in [0.25, 0.3) is 22.3 Å². The number of hydrogen-bond donors (Lipinski definition) is 2. The van der Waals surface area contributed by atoms with Gasteiger partial charge in [0.25, 0.3) is 0 Å². The van der Waals surface area contributed by atoms with Crippen molar-refractivity contribution in [1.82, 2.24) is 20.2 Å². The zero-order chi connectivity index (χ0) is 19.5. The van der Waals surface area contributed by atoms with Crippen molar-refractivity contribution < 1.29 is 9.13 Å². The predicted octanol–water partition coefficient (Wildman–Crippen LogP) is 3.02. The summed E-state index contributed by atoms with van der Waals surface area (Å²) in [6.07, 6.45) is 4.35. The van der Waals surface area contributed by atoms with Gasteiger partial charge in [0.1, 0.15) is 23.4 Å². The molecule has 1 aliphatic heterocycles. The maximum absolute atomic E-state index is 14.4. The third-order valence-electron chi connectivity index (χ3n) is 5.72. The normalized spacial score (nSPS) is 23.4. The molecule has 146 valence electrons. The standard InChI is InChI=1S/C20H23FN6O/c1-11-5-12(22)9-27(11)18-8-16(23-10-24-18)19-13-6-17(28-20(2)3-4-20)14(21)7-15(13)25-26-19/h6-8,10-12H,3-5,9,22H2,1-2H3,(H,25,26). The summed E-state index contributed by atoms with van der Waals surface area (Å²) in [6, 6.07) is 5.52. The van der Waals surface area contributed by atoms with Gasteiger partial charge >= 0.3 is 0 Å². The number of ether oxygens (including phenoxy) is 1. The monoisotopic (exact) mass is 382 g/mol. The van der Waals surface area contributed by atoms with E-state index in [0.29, 0.717) is 22.9 Å². The van der Waals surface area contributed by atoms with Crippen LogP contribution in [0, 0.1) is 5.82 Å². The lowest BCUT2D eigenvalue weighted by molar-refractivity contribution is 0.191. The molecule has 1 saturated heterocycles. The van der Waals surface area contributed by atoms with Gasteiger partial charge in [-0.3, -0.25) is 5.10 Å². The Morgan fingerprint density at radius 2 is 2.11 bits per heavy atom. The third-order valence-corrected chi connectivity index (χ3v) is 5.72. The van der Waals surface area contributed by atoms with Crippen LogP contribution in [-0.2, 0) is 0 Å². The molecule has 0 radical (unpaired) electrons. The first-order valence-electron chi connectivity index (χ1n) is 9.63. The fraction of sp³-hybridized carbons (Fsp3) is 0.450. The van der Waals surface area contributed by atoms with Crippen LogP contribution in [0.2, 0.25) is 0 Å². The summed E-state index contributed by atoms with van der Waals surface area (Å²) in [7, 11) is 0. The molecule has 3 heterocycles. The second kappa shape index (κ2) is 6.13. The average molecular weight is 382 g/mol. The first-order valence-corrected chi connectivity index (χ1v) is 9.63. The van der Waals surface area contributed by atoms with Gasteiger partial charge in [-0.1, -0.05) is 0 Å². The molecule has 2 unspecified atom stereocenters. The summed E-state index contributed by atoms with van der Waals surface area (Å²) < 4.78 is 20.3. The zero-order valence-electron chi connectivity index (χ0n) is 15.9. The van der Waals surface area contributed by atoms with Crippen LogP contribution < -0.4 is 15.4 Å². The number of benzene rings is 1. The molecular formula is C20H23FN6O. The van der Waals surface area contributed by atoms with Gasteiger partial charge in [0.2, 0.25) is 0 Å². The predicted molar refractivity (Wildman–Crippen MR) is 105 cm³/mol. The van der Waals surface area contributed by atoms with E-state index >= 15 is 0 Å². The zero-order valence-corrected chi connectivity index (χ0v) is 15.9. The molecule has 0 amide bonds. The SMILES string of the molecule is CC1CC(N)CN1c1cc(-c2n[nH]c3cc(F)c(OC4(C)CC4)cc23)ncn1. The number of fused-ring (bicyclic) bond motifs is 1. The van der Waals surface area contributed by atoms with Gasteiger partial charge in [-0.15, -0.1) is 0 Å². The molecule has 1 saturated carbocycles. The van der Waals surface area contributed by atoms with E-state index in [4.69, 9.17) is 10.5 Å². The number of hydrogen-bond acceptors (Lipinski definition) is 6. The Bertz CT molecular complexity index is 1050. The molecule has 0 bridgehead atoms. The summed E-state index contributed by atoms with van der Waals surface area (Å²) in [5.74, 6) is 0.688. The molecule has 1 aliphatic carbocycles. The number of nitrogens with one attached hydrogen (secondary N) is 1. The van der Waals surface area contributed by atoms with Crippen LogP contribution in [0.5, 0.6) is 5.75 Å². The molecule has 3 aromatic rings. The van der Waals surface area contributed by atoms with E-state index in [-0.39, 0.29) is 23.2 Å². The molecule has 5 rings (SSSR count). The van der Waals surface area contributed by atoms with Crippen molar-refractivity contribution in [1.29, 1.82) is 0 Å². The van der Waals surface area contributed by atoms with E-state index < -0.39 is 0 Å². The second-order valence-corrected chi connectivity index (χ2v) is 8.21. The summed E-state index contributed by atoms with van der Waals surface area (Å²) >= 11 is 0. The lowest BCUT2D eigenvalue weighted by atomic mass is 10.1. The van der Waals surface area contributed by atoms with Gasteiger partial charge in [-0.05, 0) is 39.2 Å². The fourth-order valence-electron chi connectivity index (χ4n) is 3.86. The number of aromatic amines is 1. The van der Waals surface area contributed by atoms with Gasteiger partial charge in [0.05, 0.1) is 11.2 Å². The van der Waals surface area contributed by atoms with Crippen LogP contribution in [-0.4, -0.2) is 44.4 Å². The number of nitrogens with zero attached hydrogens (tertiary/aromatic N) is 4. The Labute approximate surface area is 162 Å². The molecule has 2 aliphatic rings.